The first-order chi connectivity index (χ1) is 9.44. The van der Waals surface area contributed by atoms with Gasteiger partial charge in [-0.15, -0.1) is 24.0 Å². The molecule has 0 atom stereocenters. The maximum atomic E-state index is 11.8. The van der Waals surface area contributed by atoms with Gasteiger partial charge in [-0.3, -0.25) is 12.5 Å². The Labute approximate surface area is 131 Å². The average Bonchev–Trinajstić information content (AvgIpc) is 2.78. The molecule has 1 aromatic rings. The molecule has 1 aromatic heterocycles. The fraction of sp³-hybridized carbons (Fsp3) is 0.429. The van der Waals surface area contributed by atoms with E-state index in [1.807, 2.05) is 0 Å². The van der Waals surface area contributed by atoms with Gasteiger partial charge < -0.3 is 0 Å². The Morgan fingerprint density at radius 3 is 1.52 bits per heavy atom. The molecule has 0 aromatic carbocycles. The van der Waals surface area contributed by atoms with Gasteiger partial charge in [-0.1, -0.05) is 0 Å². The van der Waals surface area contributed by atoms with E-state index in [-0.39, 0.29) is 11.3 Å². The molecular formula is C7H10O9S5. The van der Waals surface area contributed by atoms with Crippen LogP contribution in [0.15, 0.2) is 18.2 Å². The Balaban J connectivity index is 3.96. The molecule has 0 spiro atoms. The molecule has 0 radical (unpaired) electrons. The van der Waals surface area contributed by atoms with Gasteiger partial charge >= 0.3 is 20.2 Å². The first kappa shape index (κ1) is 18.8. The van der Waals surface area contributed by atoms with Crippen LogP contribution in [0.3, 0.4) is 0 Å². The average molecular weight is 398 g/mol. The van der Waals surface area contributed by atoms with Gasteiger partial charge in [0.25, 0.3) is 10.1 Å². The van der Waals surface area contributed by atoms with Crippen LogP contribution in [0.25, 0.3) is 0 Å². The van der Waals surface area contributed by atoms with E-state index < -0.39 is 48.6 Å². The summed E-state index contributed by atoms with van der Waals surface area (Å²) in [5.41, 5.74) is 0. The lowest BCUT2D eigenvalue weighted by Gasteiger charge is -2.04. The van der Waals surface area contributed by atoms with Crippen molar-refractivity contribution in [1.82, 2.24) is 0 Å². The van der Waals surface area contributed by atoms with Gasteiger partial charge in [0.15, 0.2) is 8.42 Å². The molecule has 14 heteroatoms. The first-order valence-corrected chi connectivity index (χ1v) is 10.2. The highest BCUT2D eigenvalue weighted by Crippen LogP contribution is 2.42. The molecule has 0 bridgehead atoms. The SMILES string of the molecule is COS(=O)(=O)c1sc(S(=O)(=O)OC)c(S(=O)(=O)OC)c1S. The number of hydrogen-bond acceptors (Lipinski definition) is 11. The molecule has 0 saturated carbocycles. The summed E-state index contributed by atoms with van der Waals surface area (Å²) in [6.07, 6.45) is 0. The molecule has 0 aliphatic rings. The molecule has 0 N–H and O–H groups in total. The van der Waals surface area contributed by atoms with E-state index in [1.54, 1.807) is 0 Å². The maximum Gasteiger partial charge on any atom is 0.307 e. The molecule has 0 saturated heterocycles. The summed E-state index contributed by atoms with van der Waals surface area (Å²) in [5.74, 6) is 0. The number of thiophene rings is 1. The zero-order valence-corrected chi connectivity index (χ0v) is 14.9. The highest BCUT2D eigenvalue weighted by atomic mass is 32.3. The summed E-state index contributed by atoms with van der Waals surface area (Å²) < 4.78 is 81.6. The Morgan fingerprint density at radius 1 is 0.762 bits per heavy atom. The molecule has 21 heavy (non-hydrogen) atoms. The van der Waals surface area contributed by atoms with Gasteiger partial charge in [0, 0.05) is 0 Å². The van der Waals surface area contributed by atoms with Crippen LogP contribution in [-0.2, 0) is 42.9 Å². The third-order valence-electron chi connectivity index (χ3n) is 2.14. The first-order valence-electron chi connectivity index (χ1n) is 4.72. The van der Waals surface area contributed by atoms with Crippen molar-refractivity contribution >= 4 is 54.3 Å². The van der Waals surface area contributed by atoms with Gasteiger partial charge in [0.05, 0.1) is 26.2 Å². The smallest absolute Gasteiger partial charge is 0.270 e. The second-order valence-corrected chi connectivity index (χ2v) is 10.2. The van der Waals surface area contributed by atoms with Crippen molar-refractivity contribution in [3.8, 4) is 0 Å². The van der Waals surface area contributed by atoms with E-state index in [0.717, 1.165) is 21.3 Å². The number of rotatable bonds is 6. The predicted molar refractivity (Wildman–Crippen MR) is 74.2 cm³/mol. The van der Waals surface area contributed by atoms with Crippen LogP contribution in [0.2, 0.25) is 0 Å². The van der Waals surface area contributed by atoms with E-state index in [4.69, 9.17) is 0 Å². The topological polar surface area (TPSA) is 130 Å². The van der Waals surface area contributed by atoms with Crippen molar-refractivity contribution in [2.45, 2.75) is 18.2 Å². The quantitative estimate of drug-likeness (QED) is 0.521. The minimum absolute atomic E-state index is 0.130. The standard InChI is InChI=1S/C7H10O9S5/c1-14-19(8,9)5-4(17)6(20(10,11)15-2)18-7(5)21(12,13)16-3/h17H,1-3H3. The molecule has 0 unspecified atom stereocenters. The fourth-order valence-electron chi connectivity index (χ4n) is 1.16. The van der Waals surface area contributed by atoms with Crippen molar-refractivity contribution in [2.24, 2.45) is 0 Å². The lowest BCUT2D eigenvalue weighted by molar-refractivity contribution is 0.386. The summed E-state index contributed by atoms with van der Waals surface area (Å²) >= 11 is 3.90. The highest BCUT2D eigenvalue weighted by molar-refractivity contribution is 7.94. The summed E-state index contributed by atoms with van der Waals surface area (Å²) in [6.45, 7) is 0. The van der Waals surface area contributed by atoms with Crippen molar-refractivity contribution in [2.75, 3.05) is 21.3 Å². The van der Waals surface area contributed by atoms with E-state index in [2.05, 4.69) is 25.2 Å². The minimum atomic E-state index is -4.55. The summed E-state index contributed by atoms with van der Waals surface area (Å²) in [4.78, 5) is -1.55. The van der Waals surface area contributed by atoms with Crippen LogP contribution in [0, 0.1) is 0 Å². The molecule has 0 aliphatic heterocycles. The minimum Gasteiger partial charge on any atom is -0.270 e. The largest absolute Gasteiger partial charge is 0.307 e. The van der Waals surface area contributed by atoms with Gasteiger partial charge in [-0.2, -0.15) is 25.3 Å². The van der Waals surface area contributed by atoms with E-state index in [1.165, 1.54) is 0 Å². The zero-order chi connectivity index (χ0) is 16.6. The molecule has 9 nitrogen and oxygen atoms in total. The van der Waals surface area contributed by atoms with E-state index >= 15 is 0 Å². The van der Waals surface area contributed by atoms with Crippen LogP contribution in [0.4, 0.5) is 0 Å². The highest BCUT2D eigenvalue weighted by Gasteiger charge is 2.37. The normalized spacial score (nSPS) is 13.5. The van der Waals surface area contributed by atoms with Crippen LogP contribution in [0.1, 0.15) is 0 Å². The zero-order valence-electron chi connectivity index (χ0n) is 10.8. The summed E-state index contributed by atoms with van der Waals surface area (Å²) in [6, 6.07) is 0. The lowest BCUT2D eigenvalue weighted by Crippen LogP contribution is -2.10. The maximum absolute atomic E-state index is 11.8. The predicted octanol–water partition coefficient (Wildman–Crippen LogP) is 0.0421. The molecule has 0 aliphatic carbocycles. The molecule has 0 fully saturated rings. The third kappa shape index (κ3) is 3.42. The molecule has 0 amide bonds. The third-order valence-corrected chi connectivity index (χ3v) is 9.35. The second kappa shape index (κ2) is 6.11. The van der Waals surface area contributed by atoms with Crippen LogP contribution >= 0.6 is 24.0 Å². The molecule has 1 rings (SSSR count). The Kier molecular flexibility index (Phi) is 5.48. The van der Waals surface area contributed by atoms with Crippen LogP contribution in [-0.4, -0.2) is 46.6 Å². The number of hydrogen-bond donors (Lipinski definition) is 1. The van der Waals surface area contributed by atoms with Gasteiger partial charge in [0.1, 0.15) is 4.90 Å². The summed E-state index contributed by atoms with van der Waals surface area (Å²) in [5, 5.41) is 0. The van der Waals surface area contributed by atoms with Crippen molar-refractivity contribution < 1.29 is 37.8 Å². The second-order valence-electron chi connectivity index (χ2n) is 3.22. The van der Waals surface area contributed by atoms with Crippen LogP contribution in [0.5, 0.6) is 0 Å². The Bertz CT molecular complexity index is 843. The van der Waals surface area contributed by atoms with Gasteiger partial charge in [-0.05, 0) is 0 Å². The van der Waals surface area contributed by atoms with Crippen molar-refractivity contribution in [3.63, 3.8) is 0 Å². The molecule has 122 valence electrons. The van der Waals surface area contributed by atoms with E-state index in [9.17, 15) is 25.3 Å². The van der Waals surface area contributed by atoms with Gasteiger partial charge in [0.2, 0.25) is 0 Å². The van der Waals surface area contributed by atoms with Crippen molar-refractivity contribution in [3.05, 3.63) is 0 Å². The molecular weight excluding hydrogens is 388 g/mol. The van der Waals surface area contributed by atoms with Crippen molar-refractivity contribution in [1.29, 1.82) is 0 Å². The number of thiol groups is 1. The fourth-order valence-corrected chi connectivity index (χ4v) is 7.53. The van der Waals surface area contributed by atoms with E-state index in [0.29, 0.717) is 0 Å². The van der Waals surface area contributed by atoms with Crippen LogP contribution < -0.4 is 0 Å². The van der Waals surface area contributed by atoms with Gasteiger partial charge in [-0.25, -0.2) is 0 Å². The Hall–Kier alpha value is -0.220. The Morgan fingerprint density at radius 2 is 1.14 bits per heavy atom. The summed E-state index contributed by atoms with van der Waals surface area (Å²) in [7, 11) is -11.0. The molecule has 1 heterocycles. The lowest BCUT2D eigenvalue weighted by atomic mass is 10.6. The monoisotopic (exact) mass is 398 g/mol.